The first-order valence-electron chi connectivity index (χ1n) is 6.99. The molecule has 0 unspecified atom stereocenters. The van der Waals surface area contributed by atoms with Crippen molar-refractivity contribution in [2.24, 2.45) is 0 Å². The number of carbonyl (C=O) groups excluding carboxylic acids is 2. The molecule has 0 atom stereocenters. The maximum absolute atomic E-state index is 12.5. The highest BCUT2D eigenvalue weighted by molar-refractivity contribution is 8.00. The number of nitrogens with zero attached hydrogens (tertiary/aromatic N) is 1. The fourth-order valence-electron chi connectivity index (χ4n) is 2.88. The van der Waals surface area contributed by atoms with Gasteiger partial charge in [0, 0.05) is 23.5 Å². The summed E-state index contributed by atoms with van der Waals surface area (Å²) in [5, 5.41) is 2.83. The van der Waals surface area contributed by atoms with E-state index in [1.165, 1.54) is 24.6 Å². The van der Waals surface area contributed by atoms with Crippen LogP contribution in [0.3, 0.4) is 0 Å². The van der Waals surface area contributed by atoms with Gasteiger partial charge in [0.1, 0.15) is 0 Å². The fraction of sp³-hybridized carbons (Fsp3) is 0.467. The molecule has 1 aliphatic heterocycles. The Labute approximate surface area is 122 Å². The molecular weight excluding hydrogens is 272 g/mol. The van der Waals surface area contributed by atoms with Crippen molar-refractivity contribution in [3.63, 3.8) is 0 Å². The fourth-order valence-corrected chi connectivity index (χ4v) is 3.67. The third-order valence-corrected chi connectivity index (χ3v) is 5.13. The number of thioether (sulfide) groups is 1. The molecule has 20 heavy (non-hydrogen) atoms. The summed E-state index contributed by atoms with van der Waals surface area (Å²) in [5.74, 6) is 0.489. The van der Waals surface area contributed by atoms with Gasteiger partial charge in [-0.1, -0.05) is 12.8 Å². The van der Waals surface area contributed by atoms with E-state index in [1.54, 1.807) is 6.07 Å². The van der Waals surface area contributed by atoms with E-state index in [0.717, 1.165) is 23.4 Å². The second-order valence-corrected chi connectivity index (χ2v) is 6.42. The third kappa shape index (κ3) is 2.54. The van der Waals surface area contributed by atoms with Gasteiger partial charge < -0.3 is 10.2 Å². The Balaban J connectivity index is 1.81. The zero-order valence-electron chi connectivity index (χ0n) is 11.5. The molecule has 1 saturated carbocycles. The van der Waals surface area contributed by atoms with Crippen LogP contribution in [0.2, 0.25) is 0 Å². The third-order valence-electron chi connectivity index (χ3n) is 4.05. The Morgan fingerprint density at radius 2 is 2.10 bits per heavy atom. The standard InChI is InChI=1S/C15H18N2O2S/c1-17(11-4-2-3-5-11)15(19)10-6-7-13-12(8-10)16-14(18)9-20-13/h6-8,11H,2-5,9H2,1H3,(H,16,18). The van der Waals surface area contributed by atoms with Crippen LogP contribution in [-0.2, 0) is 4.79 Å². The normalized spacial score (nSPS) is 18.6. The number of fused-ring (bicyclic) bond motifs is 1. The Bertz CT molecular complexity index is 553. The lowest BCUT2D eigenvalue weighted by molar-refractivity contribution is -0.113. The van der Waals surface area contributed by atoms with E-state index in [2.05, 4.69) is 5.32 Å². The molecule has 2 amide bonds. The predicted molar refractivity (Wildman–Crippen MR) is 80.1 cm³/mol. The number of benzene rings is 1. The van der Waals surface area contributed by atoms with E-state index < -0.39 is 0 Å². The molecule has 0 aromatic heterocycles. The zero-order valence-corrected chi connectivity index (χ0v) is 12.3. The first kappa shape index (κ1) is 13.5. The largest absolute Gasteiger partial charge is 0.339 e. The number of anilines is 1. The van der Waals surface area contributed by atoms with Gasteiger partial charge >= 0.3 is 0 Å². The number of amides is 2. The summed E-state index contributed by atoms with van der Waals surface area (Å²) in [6, 6.07) is 5.95. The second kappa shape index (κ2) is 5.48. The minimum atomic E-state index is -0.00348. The summed E-state index contributed by atoms with van der Waals surface area (Å²) in [6.07, 6.45) is 4.61. The molecule has 4 nitrogen and oxygen atoms in total. The van der Waals surface area contributed by atoms with Crippen LogP contribution in [0.15, 0.2) is 23.1 Å². The molecule has 1 heterocycles. The van der Waals surface area contributed by atoms with Gasteiger partial charge in [0.25, 0.3) is 5.91 Å². The van der Waals surface area contributed by atoms with Crippen molar-refractivity contribution in [2.75, 3.05) is 18.1 Å². The van der Waals surface area contributed by atoms with E-state index in [0.29, 0.717) is 17.4 Å². The minimum absolute atomic E-state index is 0.00348. The van der Waals surface area contributed by atoms with E-state index >= 15 is 0 Å². The second-order valence-electron chi connectivity index (χ2n) is 5.40. The van der Waals surface area contributed by atoms with Crippen molar-refractivity contribution in [1.82, 2.24) is 4.90 Å². The van der Waals surface area contributed by atoms with E-state index in [4.69, 9.17) is 0 Å². The first-order chi connectivity index (χ1) is 9.65. The van der Waals surface area contributed by atoms with Crippen molar-refractivity contribution < 1.29 is 9.59 Å². The molecule has 0 radical (unpaired) electrons. The van der Waals surface area contributed by atoms with Crippen LogP contribution < -0.4 is 5.32 Å². The van der Waals surface area contributed by atoms with Gasteiger partial charge in [-0.15, -0.1) is 11.8 Å². The minimum Gasteiger partial charge on any atom is -0.339 e. The molecule has 3 rings (SSSR count). The van der Waals surface area contributed by atoms with Crippen LogP contribution in [-0.4, -0.2) is 35.6 Å². The summed E-state index contributed by atoms with van der Waals surface area (Å²) >= 11 is 1.51. The molecule has 0 bridgehead atoms. The van der Waals surface area contributed by atoms with Gasteiger partial charge in [-0.25, -0.2) is 0 Å². The molecular formula is C15H18N2O2S. The highest BCUT2D eigenvalue weighted by Gasteiger charge is 2.25. The van der Waals surface area contributed by atoms with Crippen LogP contribution >= 0.6 is 11.8 Å². The van der Waals surface area contributed by atoms with Crippen LogP contribution in [0.1, 0.15) is 36.0 Å². The summed E-state index contributed by atoms with van der Waals surface area (Å²) in [7, 11) is 1.88. The summed E-state index contributed by atoms with van der Waals surface area (Å²) in [4.78, 5) is 26.8. The van der Waals surface area contributed by atoms with E-state index in [9.17, 15) is 9.59 Å². The molecule has 0 saturated heterocycles. The van der Waals surface area contributed by atoms with Crippen molar-refractivity contribution in [3.05, 3.63) is 23.8 Å². The highest BCUT2D eigenvalue weighted by atomic mass is 32.2. The molecule has 2 aliphatic rings. The van der Waals surface area contributed by atoms with Crippen LogP contribution in [0.5, 0.6) is 0 Å². The molecule has 0 spiro atoms. The quantitative estimate of drug-likeness (QED) is 0.911. The maximum Gasteiger partial charge on any atom is 0.253 e. The van der Waals surface area contributed by atoms with Crippen molar-refractivity contribution in [3.8, 4) is 0 Å². The molecule has 1 fully saturated rings. The van der Waals surface area contributed by atoms with Crippen molar-refractivity contribution in [2.45, 2.75) is 36.6 Å². The van der Waals surface area contributed by atoms with Crippen LogP contribution in [0.25, 0.3) is 0 Å². The molecule has 1 aromatic rings. The summed E-state index contributed by atoms with van der Waals surface area (Å²) in [6.45, 7) is 0. The SMILES string of the molecule is CN(C(=O)c1ccc2c(c1)NC(=O)CS2)C1CCCC1. The molecule has 1 N–H and O–H groups in total. The van der Waals surface area contributed by atoms with Crippen molar-refractivity contribution >= 4 is 29.3 Å². The smallest absolute Gasteiger partial charge is 0.253 e. The van der Waals surface area contributed by atoms with Crippen LogP contribution in [0, 0.1) is 0 Å². The van der Waals surface area contributed by atoms with Gasteiger partial charge in [-0.2, -0.15) is 0 Å². The molecule has 1 aliphatic carbocycles. The van der Waals surface area contributed by atoms with Gasteiger partial charge in [-0.3, -0.25) is 9.59 Å². The average Bonchev–Trinajstić information content (AvgIpc) is 2.99. The number of hydrogen-bond acceptors (Lipinski definition) is 3. The lowest BCUT2D eigenvalue weighted by Gasteiger charge is -2.25. The number of nitrogens with one attached hydrogen (secondary N) is 1. The van der Waals surface area contributed by atoms with E-state index in [1.807, 2.05) is 24.1 Å². The lowest BCUT2D eigenvalue weighted by atomic mass is 10.1. The summed E-state index contributed by atoms with van der Waals surface area (Å²) < 4.78 is 0. The Morgan fingerprint density at radius 1 is 1.35 bits per heavy atom. The Hall–Kier alpha value is -1.49. The first-order valence-corrected chi connectivity index (χ1v) is 7.97. The lowest BCUT2D eigenvalue weighted by Crippen LogP contribution is -2.35. The topological polar surface area (TPSA) is 49.4 Å². The Kier molecular flexibility index (Phi) is 3.70. The number of rotatable bonds is 2. The molecule has 5 heteroatoms. The maximum atomic E-state index is 12.5. The molecule has 1 aromatic carbocycles. The number of carbonyl (C=O) groups is 2. The van der Waals surface area contributed by atoms with Crippen molar-refractivity contribution in [1.29, 1.82) is 0 Å². The summed E-state index contributed by atoms with van der Waals surface area (Å²) in [5.41, 5.74) is 1.41. The Morgan fingerprint density at radius 3 is 2.85 bits per heavy atom. The monoisotopic (exact) mass is 290 g/mol. The van der Waals surface area contributed by atoms with E-state index in [-0.39, 0.29) is 11.8 Å². The van der Waals surface area contributed by atoms with Gasteiger partial charge in [0.05, 0.1) is 11.4 Å². The highest BCUT2D eigenvalue weighted by Crippen LogP contribution is 2.32. The predicted octanol–water partition coefficient (Wildman–Crippen LogP) is 2.75. The van der Waals surface area contributed by atoms with Gasteiger partial charge in [0.2, 0.25) is 5.91 Å². The molecule has 106 valence electrons. The zero-order chi connectivity index (χ0) is 14.1. The van der Waals surface area contributed by atoms with Crippen LogP contribution in [0.4, 0.5) is 5.69 Å². The van der Waals surface area contributed by atoms with Gasteiger partial charge in [0.15, 0.2) is 0 Å². The number of hydrogen-bond donors (Lipinski definition) is 1. The van der Waals surface area contributed by atoms with Gasteiger partial charge in [-0.05, 0) is 31.0 Å². The average molecular weight is 290 g/mol.